The van der Waals surface area contributed by atoms with Crippen molar-refractivity contribution in [3.05, 3.63) is 52.3 Å². The lowest BCUT2D eigenvalue weighted by atomic mass is 9.88. The maximum absolute atomic E-state index is 12.1. The van der Waals surface area contributed by atoms with Crippen LogP contribution in [0.3, 0.4) is 0 Å². The molecule has 0 saturated heterocycles. The summed E-state index contributed by atoms with van der Waals surface area (Å²) in [6, 6.07) is 9.95. The lowest BCUT2D eigenvalue weighted by Crippen LogP contribution is -2.13. The van der Waals surface area contributed by atoms with Gasteiger partial charge in [0.1, 0.15) is 0 Å². The van der Waals surface area contributed by atoms with Gasteiger partial charge in [-0.15, -0.1) is 0 Å². The minimum Gasteiger partial charge on any atom is -0.321 e. The van der Waals surface area contributed by atoms with Crippen LogP contribution in [0.2, 0.25) is 0 Å². The van der Waals surface area contributed by atoms with Gasteiger partial charge in [-0.25, -0.2) is 0 Å². The molecule has 0 amide bonds. The summed E-state index contributed by atoms with van der Waals surface area (Å²) in [5.41, 5.74) is 3.01. The van der Waals surface area contributed by atoms with Crippen LogP contribution in [0, 0.1) is 5.92 Å². The van der Waals surface area contributed by atoms with E-state index < -0.39 is 0 Å². The Labute approximate surface area is 106 Å². The van der Waals surface area contributed by atoms with Gasteiger partial charge in [0.2, 0.25) is 0 Å². The van der Waals surface area contributed by atoms with Crippen molar-refractivity contribution in [1.82, 2.24) is 4.98 Å². The van der Waals surface area contributed by atoms with Crippen molar-refractivity contribution in [2.45, 2.75) is 26.2 Å². The summed E-state index contributed by atoms with van der Waals surface area (Å²) in [6.07, 6.45) is 5.51. The van der Waals surface area contributed by atoms with Crippen LogP contribution < -0.4 is 5.56 Å². The zero-order chi connectivity index (χ0) is 12.5. The SMILES string of the molecule is C[C@H]1CC=C(c2cc3ccccc3[nH]c2=O)CC1. The lowest BCUT2D eigenvalue weighted by molar-refractivity contribution is 0.533. The van der Waals surface area contributed by atoms with Crippen molar-refractivity contribution in [2.24, 2.45) is 5.92 Å². The van der Waals surface area contributed by atoms with E-state index in [1.54, 1.807) is 0 Å². The van der Waals surface area contributed by atoms with Crippen LogP contribution in [0.15, 0.2) is 41.2 Å². The fourth-order valence-electron chi connectivity index (χ4n) is 2.60. The van der Waals surface area contributed by atoms with E-state index in [4.69, 9.17) is 0 Å². The second-order valence-electron chi connectivity index (χ2n) is 5.21. The quantitative estimate of drug-likeness (QED) is 0.808. The third kappa shape index (κ3) is 1.99. The molecule has 1 aromatic carbocycles. The summed E-state index contributed by atoms with van der Waals surface area (Å²) in [5.74, 6) is 0.744. The van der Waals surface area contributed by atoms with E-state index in [9.17, 15) is 4.79 Å². The number of fused-ring (bicyclic) bond motifs is 1. The van der Waals surface area contributed by atoms with Gasteiger partial charge in [0, 0.05) is 11.1 Å². The average molecular weight is 239 g/mol. The highest BCUT2D eigenvalue weighted by molar-refractivity contribution is 5.82. The van der Waals surface area contributed by atoms with Crippen LogP contribution in [0.25, 0.3) is 16.5 Å². The first-order valence-electron chi connectivity index (χ1n) is 6.55. The molecule has 0 unspecified atom stereocenters. The molecular weight excluding hydrogens is 222 g/mol. The Morgan fingerprint density at radius 1 is 1.28 bits per heavy atom. The summed E-state index contributed by atoms with van der Waals surface area (Å²) in [5, 5.41) is 1.10. The molecule has 92 valence electrons. The maximum atomic E-state index is 12.1. The Hall–Kier alpha value is -1.83. The van der Waals surface area contributed by atoms with Crippen LogP contribution in [-0.2, 0) is 0 Å². The summed E-state index contributed by atoms with van der Waals surface area (Å²) < 4.78 is 0. The van der Waals surface area contributed by atoms with Gasteiger partial charge in [0.15, 0.2) is 0 Å². The molecule has 1 N–H and O–H groups in total. The van der Waals surface area contributed by atoms with E-state index in [0.29, 0.717) is 0 Å². The van der Waals surface area contributed by atoms with E-state index in [2.05, 4.69) is 18.0 Å². The fourth-order valence-corrected chi connectivity index (χ4v) is 2.60. The number of benzene rings is 1. The third-order valence-electron chi connectivity index (χ3n) is 3.77. The standard InChI is InChI=1S/C16H17NO/c1-11-6-8-12(9-7-11)14-10-13-4-2-3-5-15(13)17-16(14)18/h2-5,8,10-11H,6-7,9H2,1H3,(H,17,18)/t11-/m0/s1. The van der Waals surface area contributed by atoms with Gasteiger partial charge in [0.25, 0.3) is 5.56 Å². The molecular formula is C16H17NO. The highest BCUT2D eigenvalue weighted by atomic mass is 16.1. The highest BCUT2D eigenvalue weighted by Crippen LogP contribution is 2.29. The normalized spacial score (nSPS) is 19.8. The fraction of sp³-hybridized carbons (Fsp3) is 0.312. The van der Waals surface area contributed by atoms with Crippen LogP contribution in [-0.4, -0.2) is 4.98 Å². The van der Waals surface area contributed by atoms with Gasteiger partial charge in [-0.1, -0.05) is 31.2 Å². The summed E-state index contributed by atoms with van der Waals surface area (Å²) in [7, 11) is 0. The maximum Gasteiger partial charge on any atom is 0.255 e. The molecule has 0 aliphatic heterocycles. The number of H-pyrrole nitrogens is 1. The Morgan fingerprint density at radius 3 is 2.89 bits per heavy atom. The minimum atomic E-state index is 0.0366. The van der Waals surface area contributed by atoms with Crippen molar-refractivity contribution < 1.29 is 0 Å². The molecule has 1 aromatic heterocycles. The van der Waals surface area contributed by atoms with Gasteiger partial charge < -0.3 is 4.98 Å². The van der Waals surface area contributed by atoms with Gasteiger partial charge >= 0.3 is 0 Å². The predicted octanol–water partition coefficient (Wildman–Crippen LogP) is 3.73. The first-order chi connectivity index (χ1) is 8.74. The largest absolute Gasteiger partial charge is 0.321 e. The van der Waals surface area contributed by atoms with Gasteiger partial charge in [-0.3, -0.25) is 4.79 Å². The van der Waals surface area contributed by atoms with E-state index in [1.165, 1.54) is 12.0 Å². The summed E-state index contributed by atoms with van der Waals surface area (Å²) >= 11 is 0. The highest BCUT2D eigenvalue weighted by Gasteiger charge is 2.14. The van der Waals surface area contributed by atoms with Crippen molar-refractivity contribution in [3.8, 4) is 0 Å². The average Bonchev–Trinajstić information content (AvgIpc) is 2.39. The Morgan fingerprint density at radius 2 is 2.11 bits per heavy atom. The van der Waals surface area contributed by atoms with Crippen molar-refractivity contribution in [3.63, 3.8) is 0 Å². The van der Waals surface area contributed by atoms with E-state index in [-0.39, 0.29) is 5.56 Å². The van der Waals surface area contributed by atoms with Crippen LogP contribution in [0.4, 0.5) is 0 Å². The zero-order valence-electron chi connectivity index (χ0n) is 10.6. The van der Waals surface area contributed by atoms with E-state index >= 15 is 0 Å². The van der Waals surface area contributed by atoms with E-state index in [0.717, 1.165) is 35.2 Å². The number of rotatable bonds is 1. The van der Waals surface area contributed by atoms with Crippen LogP contribution >= 0.6 is 0 Å². The molecule has 2 heteroatoms. The van der Waals surface area contributed by atoms with Crippen molar-refractivity contribution in [1.29, 1.82) is 0 Å². The lowest BCUT2D eigenvalue weighted by Gasteiger charge is -2.18. The number of pyridine rings is 1. The second-order valence-corrected chi connectivity index (χ2v) is 5.21. The van der Waals surface area contributed by atoms with Crippen LogP contribution in [0.5, 0.6) is 0 Å². The molecule has 0 spiro atoms. The Kier molecular flexibility index (Phi) is 2.78. The first-order valence-corrected chi connectivity index (χ1v) is 6.55. The van der Waals surface area contributed by atoms with Gasteiger partial charge in [-0.05, 0) is 48.3 Å². The van der Waals surface area contributed by atoms with Crippen molar-refractivity contribution in [2.75, 3.05) is 0 Å². The molecule has 1 heterocycles. The van der Waals surface area contributed by atoms with Gasteiger partial charge in [0.05, 0.1) is 0 Å². The smallest absolute Gasteiger partial charge is 0.255 e. The Balaban J connectivity index is 2.12. The number of hydrogen-bond acceptors (Lipinski definition) is 1. The van der Waals surface area contributed by atoms with Crippen molar-refractivity contribution >= 4 is 16.5 Å². The molecule has 0 radical (unpaired) electrons. The van der Waals surface area contributed by atoms with Crippen LogP contribution in [0.1, 0.15) is 31.7 Å². The van der Waals surface area contributed by atoms with Gasteiger partial charge in [-0.2, -0.15) is 0 Å². The minimum absolute atomic E-state index is 0.0366. The van der Waals surface area contributed by atoms with E-state index in [1.807, 2.05) is 30.3 Å². The number of nitrogens with one attached hydrogen (secondary N) is 1. The zero-order valence-corrected chi connectivity index (χ0v) is 10.6. The topological polar surface area (TPSA) is 32.9 Å². The first kappa shape index (κ1) is 11.3. The number of allylic oxidation sites excluding steroid dienone is 2. The predicted molar refractivity (Wildman–Crippen MR) is 75.6 cm³/mol. The molecule has 1 aliphatic rings. The molecule has 0 saturated carbocycles. The molecule has 2 aromatic rings. The third-order valence-corrected chi connectivity index (χ3v) is 3.77. The molecule has 18 heavy (non-hydrogen) atoms. The summed E-state index contributed by atoms with van der Waals surface area (Å²) in [4.78, 5) is 15.1. The summed E-state index contributed by atoms with van der Waals surface area (Å²) in [6.45, 7) is 2.26. The molecule has 0 fully saturated rings. The monoisotopic (exact) mass is 239 g/mol. The number of aromatic amines is 1. The number of aromatic nitrogens is 1. The molecule has 2 nitrogen and oxygen atoms in total. The molecule has 0 bridgehead atoms. The molecule has 1 atom stereocenters. The number of hydrogen-bond donors (Lipinski definition) is 1. The number of para-hydroxylation sites is 1. The molecule has 3 rings (SSSR count). The Bertz CT molecular complexity index is 666. The second kappa shape index (κ2) is 4.45. The molecule has 1 aliphatic carbocycles.